The summed E-state index contributed by atoms with van der Waals surface area (Å²) in [5.74, 6) is 0.777. The molecule has 0 spiro atoms. The van der Waals surface area contributed by atoms with Crippen molar-refractivity contribution >= 4 is 27.4 Å². The largest absolute Gasteiger partial charge is 0.361 e. The first-order chi connectivity index (χ1) is 14.4. The van der Waals surface area contributed by atoms with Gasteiger partial charge in [0.25, 0.3) is 5.91 Å². The van der Waals surface area contributed by atoms with Crippen molar-refractivity contribution < 1.29 is 9.32 Å². The maximum Gasteiger partial charge on any atom is 0.274 e. The molecule has 0 fully saturated rings. The monoisotopic (exact) mass is 464 g/mol. The maximum atomic E-state index is 13.3. The highest BCUT2D eigenvalue weighted by atomic mass is 79.9. The van der Waals surface area contributed by atoms with Gasteiger partial charge in [-0.05, 0) is 78.0 Å². The average molecular weight is 465 g/mol. The molecule has 0 saturated carbocycles. The number of aromatic nitrogens is 3. The summed E-state index contributed by atoms with van der Waals surface area (Å²) in [6.45, 7) is 6.64. The first-order valence-electron chi connectivity index (χ1n) is 9.95. The van der Waals surface area contributed by atoms with Crippen molar-refractivity contribution in [1.29, 1.82) is 0 Å². The molecule has 1 atom stereocenters. The van der Waals surface area contributed by atoms with Gasteiger partial charge in [0, 0.05) is 22.8 Å². The topological polar surface area (TPSA) is 63.6 Å². The summed E-state index contributed by atoms with van der Waals surface area (Å²) in [6.07, 6.45) is 2.64. The van der Waals surface area contributed by atoms with Crippen LogP contribution in [0.4, 0.5) is 0 Å². The van der Waals surface area contributed by atoms with Gasteiger partial charge >= 0.3 is 0 Å². The van der Waals surface area contributed by atoms with E-state index in [1.807, 2.05) is 49.2 Å². The SMILES string of the molecule is Cc1noc(C)c1-c1cccc2c1CCN(C(=O)c1cc3ccc(Br)cn3n1)C2C. The number of benzene rings is 1. The van der Waals surface area contributed by atoms with Gasteiger partial charge < -0.3 is 9.42 Å². The summed E-state index contributed by atoms with van der Waals surface area (Å²) in [6, 6.07) is 12.0. The number of aryl methyl sites for hydroxylation is 2. The molecule has 1 unspecified atom stereocenters. The van der Waals surface area contributed by atoms with Crippen LogP contribution in [-0.4, -0.2) is 32.1 Å². The van der Waals surface area contributed by atoms with Crippen LogP contribution in [0.3, 0.4) is 0 Å². The van der Waals surface area contributed by atoms with Crippen LogP contribution in [0.25, 0.3) is 16.6 Å². The molecule has 7 heteroatoms. The lowest BCUT2D eigenvalue weighted by Crippen LogP contribution is -2.39. The van der Waals surface area contributed by atoms with E-state index in [0.717, 1.165) is 39.0 Å². The molecule has 0 radical (unpaired) electrons. The van der Waals surface area contributed by atoms with Crippen LogP contribution in [0.15, 0.2) is 51.6 Å². The van der Waals surface area contributed by atoms with Crippen molar-refractivity contribution in [1.82, 2.24) is 19.7 Å². The van der Waals surface area contributed by atoms with Crippen molar-refractivity contribution in [3.8, 4) is 11.1 Å². The molecule has 30 heavy (non-hydrogen) atoms. The van der Waals surface area contributed by atoms with Gasteiger partial charge in [-0.1, -0.05) is 23.4 Å². The highest BCUT2D eigenvalue weighted by molar-refractivity contribution is 9.10. The van der Waals surface area contributed by atoms with Crippen LogP contribution in [0.5, 0.6) is 0 Å². The normalized spacial score (nSPS) is 16.1. The number of halogens is 1. The Kier molecular flexibility index (Phi) is 4.50. The first kappa shape index (κ1) is 19.1. The number of carbonyl (C=O) groups is 1. The Hall–Kier alpha value is -2.93. The highest BCUT2D eigenvalue weighted by Crippen LogP contribution is 2.38. The number of fused-ring (bicyclic) bond motifs is 2. The fraction of sp³-hybridized carbons (Fsp3) is 0.261. The number of pyridine rings is 1. The van der Waals surface area contributed by atoms with Crippen LogP contribution in [-0.2, 0) is 6.42 Å². The van der Waals surface area contributed by atoms with Crippen molar-refractivity contribution in [3.63, 3.8) is 0 Å². The molecule has 5 rings (SSSR count). The number of rotatable bonds is 2. The zero-order chi connectivity index (χ0) is 21.0. The Morgan fingerprint density at radius 2 is 2.07 bits per heavy atom. The number of nitrogens with zero attached hydrogens (tertiary/aromatic N) is 4. The van der Waals surface area contributed by atoms with E-state index in [2.05, 4.69) is 45.2 Å². The third-order valence-corrected chi connectivity index (χ3v) is 6.41. The number of carbonyl (C=O) groups excluding carboxylic acids is 1. The predicted molar refractivity (Wildman–Crippen MR) is 117 cm³/mol. The smallest absolute Gasteiger partial charge is 0.274 e. The van der Waals surface area contributed by atoms with Crippen LogP contribution in [0, 0.1) is 13.8 Å². The van der Waals surface area contributed by atoms with E-state index in [4.69, 9.17) is 4.52 Å². The molecule has 0 N–H and O–H groups in total. The predicted octanol–water partition coefficient (Wildman–Crippen LogP) is 5.13. The van der Waals surface area contributed by atoms with Gasteiger partial charge in [0.1, 0.15) is 5.76 Å². The molecule has 0 bridgehead atoms. The number of hydrogen-bond donors (Lipinski definition) is 0. The lowest BCUT2D eigenvalue weighted by Gasteiger charge is -2.36. The van der Waals surface area contributed by atoms with Crippen LogP contribution < -0.4 is 0 Å². The molecule has 4 heterocycles. The molecule has 1 aliphatic heterocycles. The molecule has 152 valence electrons. The van der Waals surface area contributed by atoms with Gasteiger partial charge in [-0.2, -0.15) is 5.10 Å². The Bertz CT molecular complexity index is 1270. The average Bonchev–Trinajstić information content (AvgIpc) is 3.30. The molecule has 4 aromatic rings. The van der Waals surface area contributed by atoms with E-state index in [9.17, 15) is 4.79 Å². The second-order valence-corrected chi connectivity index (χ2v) is 8.66. The summed E-state index contributed by atoms with van der Waals surface area (Å²) in [4.78, 5) is 15.2. The zero-order valence-electron chi connectivity index (χ0n) is 17.0. The van der Waals surface area contributed by atoms with E-state index < -0.39 is 0 Å². The fourth-order valence-electron chi connectivity index (χ4n) is 4.46. The minimum Gasteiger partial charge on any atom is -0.361 e. The highest BCUT2D eigenvalue weighted by Gasteiger charge is 2.31. The molecule has 3 aromatic heterocycles. The molecule has 6 nitrogen and oxygen atoms in total. The summed E-state index contributed by atoms with van der Waals surface area (Å²) in [7, 11) is 0. The maximum absolute atomic E-state index is 13.3. The van der Waals surface area contributed by atoms with E-state index >= 15 is 0 Å². The van der Waals surface area contributed by atoms with Crippen molar-refractivity contribution in [2.24, 2.45) is 0 Å². The van der Waals surface area contributed by atoms with Crippen molar-refractivity contribution in [2.75, 3.05) is 6.54 Å². The third kappa shape index (κ3) is 2.96. The van der Waals surface area contributed by atoms with Gasteiger partial charge in [0.05, 0.1) is 17.3 Å². The second-order valence-electron chi connectivity index (χ2n) is 7.74. The van der Waals surface area contributed by atoms with Gasteiger partial charge in [0.15, 0.2) is 5.69 Å². The van der Waals surface area contributed by atoms with Gasteiger partial charge in [-0.25, -0.2) is 4.52 Å². The van der Waals surface area contributed by atoms with E-state index in [-0.39, 0.29) is 11.9 Å². The van der Waals surface area contributed by atoms with E-state index in [1.54, 1.807) is 4.52 Å². The number of amides is 1. The van der Waals surface area contributed by atoms with Crippen LogP contribution in [0.2, 0.25) is 0 Å². The van der Waals surface area contributed by atoms with Gasteiger partial charge in [-0.15, -0.1) is 0 Å². The Labute approximate surface area is 182 Å². The van der Waals surface area contributed by atoms with Gasteiger partial charge in [0.2, 0.25) is 0 Å². The quantitative estimate of drug-likeness (QED) is 0.412. The second kappa shape index (κ2) is 7.09. The van der Waals surface area contributed by atoms with E-state index in [0.29, 0.717) is 12.2 Å². The minimum absolute atomic E-state index is 0.0433. The lowest BCUT2D eigenvalue weighted by molar-refractivity contribution is 0.0671. The first-order valence-corrected chi connectivity index (χ1v) is 10.7. The molecule has 1 aromatic carbocycles. The lowest BCUT2D eigenvalue weighted by atomic mass is 9.86. The molecule has 0 saturated heterocycles. The van der Waals surface area contributed by atoms with Gasteiger partial charge in [-0.3, -0.25) is 4.79 Å². The minimum atomic E-state index is -0.0456. The molecular weight excluding hydrogens is 444 g/mol. The molecule has 1 amide bonds. The number of hydrogen-bond acceptors (Lipinski definition) is 4. The van der Waals surface area contributed by atoms with Crippen molar-refractivity contribution in [2.45, 2.75) is 33.2 Å². The van der Waals surface area contributed by atoms with Crippen LogP contribution in [0.1, 0.15) is 46.0 Å². The van der Waals surface area contributed by atoms with E-state index in [1.165, 1.54) is 11.1 Å². The van der Waals surface area contributed by atoms with Crippen molar-refractivity contribution in [3.05, 3.63) is 75.3 Å². The zero-order valence-corrected chi connectivity index (χ0v) is 18.6. The molecular formula is C23H21BrN4O2. The molecule has 1 aliphatic rings. The standard InChI is InChI=1S/C23H21BrN4O2/c1-13-22(15(3)30-26-13)20-6-4-5-18-14(2)27(10-9-19(18)20)23(29)21-11-17-8-7-16(24)12-28(17)25-21/h4-8,11-12,14H,9-10H2,1-3H3. The fourth-order valence-corrected chi connectivity index (χ4v) is 4.79. The summed E-state index contributed by atoms with van der Waals surface area (Å²) >= 11 is 3.45. The Balaban J connectivity index is 1.51. The van der Waals surface area contributed by atoms with Crippen LogP contribution >= 0.6 is 15.9 Å². The summed E-state index contributed by atoms with van der Waals surface area (Å²) < 4.78 is 8.05. The Morgan fingerprint density at radius 1 is 1.23 bits per heavy atom. The third-order valence-electron chi connectivity index (χ3n) is 5.94. The Morgan fingerprint density at radius 3 is 2.83 bits per heavy atom. The summed E-state index contributed by atoms with van der Waals surface area (Å²) in [5, 5.41) is 8.61. The molecule has 0 aliphatic carbocycles. The summed E-state index contributed by atoms with van der Waals surface area (Å²) in [5.41, 5.74) is 6.89.